The molecular formula is C15H11BrN4O. The summed E-state index contributed by atoms with van der Waals surface area (Å²) in [6.07, 6.45) is 4.88. The van der Waals surface area contributed by atoms with Crippen LogP contribution in [-0.2, 0) is 0 Å². The lowest BCUT2D eigenvalue weighted by Gasteiger charge is -2.07. The summed E-state index contributed by atoms with van der Waals surface area (Å²) < 4.78 is 0.664. The zero-order chi connectivity index (χ0) is 14.7. The molecule has 0 unspecified atom stereocenters. The normalized spacial score (nSPS) is 10.3. The van der Waals surface area contributed by atoms with Crippen molar-refractivity contribution in [1.82, 2.24) is 15.2 Å². The van der Waals surface area contributed by atoms with E-state index in [4.69, 9.17) is 0 Å². The van der Waals surface area contributed by atoms with Gasteiger partial charge >= 0.3 is 0 Å². The molecule has 1 aromatic carbocycles. The summed E-state index contributed by atoms with van der Waals surface area (Å²) in [5.41, 5.74) is 3.22. The van der Waals surface area contributed by atoms with Gasteiger partial charge in [0, 0.05) is 28.8 Å². The summed E-state index contributed by atoms with van der Waals surface area (Å²) in [5, 5.41) is 9.66. The molecule has 0 aliphatic carbocycles. The molecule has 6 heteroatoms. The fourth-order valence-corrected chi connectivity index (χ4v) is 2.34. The molecule has 2 aromatic heterocycles. The van der Waals surface area contributed by atoms with Gasteiger partial charge in [-0.25, -0.2) is 0 Å². The monoisotopic (exact) mass is 342 g/mol. The Balaban J connectivity index is 1.77. The molecule has 0 atom stereocenters. The van der Waals surface area contributed by atoms with E-state index in [0.29, 0.717) is 10.0 Å². The van der Waals surface area contributed by atoms with Crippen LogP contribution in [0.4, 0.5) is 5.69 Å². The van der Waals surface area contributed by atoms with Crippen molar-refractivity contribution in [3.8, 4) is 11.3 Å². The van der Waals surface area contributed by atoms with E-state index in [1.54, 1.807) is 24.7 Å². The van der Waals surface area contributed by atoms with Gasteiger partial charge in [0.2, 0.25) is 0 Å². The molecule has 0 saturated carbocycles. The molecular weight excluding hydrogens is 332 g/mol. The minimum absolute atomic E-state index is 0.182. The number of nitrogens with one attached hydrogen (secondary N) is 2. The lowest BCUT2D eigenvalue weighted by atomic mass is 10.1. The van der Waals surface area contributed by atoms with Crippen molar-refractivity contribution in [2.45, 2.75) is 0 Å². The molecule has 2 heterocycles. The summed E-state index contributed by atoms with van der Waals surface area (Å²) >= 11 is 3.31. The Labute approximate surface area is 129 Å². The van der Waals surface area contributed by atoms with E-state index in [0.717, 1.165) is 16.9 Å². The van der Waals surface area contributed by atoms with Crippen LogP contribution in [0.25, 0.3) is 11.3 Å². The standard InChI is InChI=1S/C15H11BrN4O/c16-13-9-17-7-5-12(13)15(21)19-11-3-1-10(2-4-11)14-6-8-18-20-14/h1-9H,(H,18,20)(H,19,21). The van der Waals surface area contributed by atoms with Crippen LogP contribution in [0.2, 0.25) is 0 Å². The van der Waals surface area contributed by atoms with Crippen LogP contribution in [-0.4, -0.2) is 21.1 Å². The van der Waals surface area contributed by atoms with E-state index >= 15 is 0 Å². The second-order valence-corrected chi connectivity index (χ2v) is 5.21. The number of nitrogens with zero attached hydrogens (tertiary/aromatic N) is 2. The van der Waals surface area contributed by atoms with Gasteiger partial charge in [0.1, 0.15) is 0 Å². The van der Waals surface area contributed by atoms with Gasteiger partial charge in [-0.15, -0.1) is 0 Å². The number of rotatable bonds is 3. The highest BCUT2D eigenvalue weighted by molar-refractivity contribution is 9.10. The number of anilines is 1. The Bertz CT molecular complexity index is 754. The molecule has 0 aliphatic heterocycles. The molecule has 21 heavy (non-hydrogen) atoms. The molecule has 0 radical (unpaired) electrons. The largest absolute Gasteiger partial charge is 0.322 e. The highest BCUT2D eigenvalue weighted by Crippen LogP contribution is 2.20. The average Bonchev–Trinajstić information content (AvgIpc) is 3.02. The number of pyridine rings is 1. The summed E-state index contributed by atoms with van der Waals surface area (Å²) in [7, 11) is 0. The molecule has 0 fully saturated rings. The fourth-order valence-electron chi connectivity index (χ4n) is 1.91. The molecule has 0 spiro atoms. The van der Waals surface area contributed by atoms with Crippen LogP contribution in [0.15, 0.2) is 59.5 Å². The number of amides is 1. The Morgan fingerprint density at radius 1 is 1.10 bits per heavy atom. The van der Waals surface area contributed by atoms with Gasteiger partial charge in [0.25, 0.3) is 5.91 Å². The first-order chi connectivity index (χ1) is 10.2. The number of benzene rings is 1. The molecule has 5 nitrogen and oxygen atoms in total. The van der Waals surface area contributed by atoms with E-state index in [2.05, 4.69) is 36.4 Å². The number of hydrogen-bond donors (Lipinski definition) is 2. The maximum atomic E-state index is 12.2. The van der Waals surface area contributed by atoms with Crippen molar-refractivity contribution in [2.24, 2.45) is 0 Å². The molecule has 0 aliphatic rings. The third kappa shape index (κ3) is 3.00. The summed E-state index contributed by atoms with van der Waals surface area (Å²) in [6.45, 7) is 0. The third-order valence-electron chi connectivity index (χ3n) is 2.97. The Morgan fingerprint density at radius 2 is 1.90 bits per heavy atom. The lowest BCUT2D eigenvalue weighted by Crippen LogP contribution is -2.12. The number of carbonyl (C=O) groups excluding carboxylic acids is 1. The summed E-state index contributed by atoms with van der Waals surface area (Å²) in [6, 6.07) is 11.1. The van der Waals surface area contributed by atoms with Gasteiger partial charge in [0.05, 0.1) is 11.3 Å². The van der Waals surface area contributed by atoms with Crippen molar-refractivity contribution in [1.29, 1.82) is 0 Å². The maximum Gasteiger partial charge on any atom is 0.256 e. The van der Waals surface area contributed by atoms with Crippen molar-refractivity contribution in [3.05, 3.63) is 65.0 Å². The molecule has 2 N–H and O–H groups in total. The van der Waals surface area contributed by atoms with Crippen LogP contribution >= 0.6 is 15.9 Å². The van der Waals surface area contributed by atoms with Crippen molar-refractivity contribution in [2.75, 3.05) is 5.32 Å². The van der Waals surface area contributed by atoms with Gasteiger partial charge in [0.15, 0.2) is 0 Å². The molecule has 0 bridgehead atoms. The van der Waals surface area contributed by atoms with E-state index in [-0.39, 0.29) is 5.91 Å². The second kappa shape index (κ2) is 5.88. The van der Waals surface area contributed by atoms with Crippen LogP contribution < -0.4 is 5.32 Å². The van der Waals surface area contributed by atoms with Crippen LogP contribution in [0.1, 0.15) is 10.4 Å². The number of carbonyl (C=O) groups is 1. The van der Waals surface area contributed by atoms with Crippen molar-refractivity contribution < 1.29 is 4.79 Å². The SMILES string of the molecule is O=C(Nc1ccc(-c2ccn[nH]2)cc1)c1ccncc1Br. The van der Waals surface area contributed by atoms with Crippen LogP contribution in [0.3, 0.4) is 0 Å². The average molecular weight is 343 g/mol. The number of aromatic amines is 1. The highest BCUT2D eigenvalue weighted by atomic mass is 79.9. The molecule has 104 valence electrons. The molecule has 3 rings (SSSR count). The van der Waals surface area contributed by atoms with Gasteiger partial charge in [-0.2, -0.15) is 5.10 Å². The summed E-state index contributed by atoms with van der Waals surface area (Å²) in [5.74, 6) is -0.182. The first-order valence-corrected chi connectivity index (χ1v) is 7.04. The van der Waals surface area contributed by atoms with Gasteiger partial charge in [-0.1, -0.05) is 12.1 Å². The van der Waals surface area contributed by atoms with Gasteiger partial charge < -0.3 is 5.32 Å². The fraction of sp³-hybridized carbons (Fsp3) is 0. The number of halogens is 1. The molecule has 0 saturated heterocycles. The van der Waals surface area contributed by atoms with Crippen molar-refractivity contribution in [3.63, 3.8) is 0 Å². The van der Waals surface area contributed by atoms with Crippen LogP contribution in [0, 0.1) is 0 Å². The lowest BCUT2D eigenvalue weighted by molar-refractivity contribution is 0.102. The van der Waals surface area contributed by atoms with E-state index in [1.165, 1.54) is 0 Å². The zero-order valence-electron chi connectivity index (χ0n) is 10.9. The minimum atomic E-state index is -0.182. The van der Waals surface area contributed by atoms with E-state index in [1.807, 2.05) is 30.3 Å². The minimum Gasteiger partial charge on any atom is -0.322 e. The topological polar surface area (TPSA) is 70.7 Å². The third-order valence-corrected chi connectivity index (χ3v) is 3.60. The quantitative estimate of drug-likeness (QED) is 0.765. The Morgan fingerprint density at radius 3 is 2.57 bits per heavy atom. The predicted molar refractivity (Wildman–Crippen MR) is 83.9 cm³/mol. The van der Waals surface area contributed by atoms with Gasteiger partial charge in [-0.05, 0) is 45.8 Å². The first kappa shape index (κ1) is 13.5. The first-order valence-electron chi connectivity index (χ1n) is 6.25. The van der Waals surface area contributed by atoms with E-state index in [9.17, 15) is 4.79 Å². The maximum absolute atomic E-state index is 12.2. The van der Waals surface area contributed by atoms with Gasteiger partial charge in [-0.3, -0.25) is 14.9 Å². The molecule has 3 aromatic rings. The smallest absolute Gasteiger partial charge is 0.256 e. The van der Waals surface area contributed by atoms with Crippen LogP contribution in [0.5, 0.6) is 0 Å². The van der Waals surface area contributed by atoms with E-state index < -0.39 is 0 Å². The zero-order valence-corrected chi connectivity index (χ0v) is 12.5. The van der Waals surface area contributed by atoms with Crippen molar-refractivity contribution >= 4 is 27.5 Å². The highest BCUT2D eigenvalue weighted by Gasteiger charge is 2.10. The molecule has 1 amide bonds. The Kier molecular flexibility index (Phi) is 3.79. The predicted octanol–water partition coefficient (Wildman–Crippen LogP) is 3.49. The second-order valence-electron chi connectivity index (χ2n) is 4.36. The number of H-pyrrole nitrogens is 1. The Hall–Kier alpha value is -2.47. The number of hydrogen-bond acceptors (Lipinski definition) is 3. The number of aromatic nitrogens is 3. The summed E-state index contributed by atoms with van der Waals surface area (Å²) in [4.78, 5) is 16.1.